The van der Waals surface area contributed by atoms with Gasteiger partial charge in [0.05, 0.1) is 35.9 Å². The minimum atomic E-state index is -0.625. The number of aliphatic imine (C=N–C) groups is 1. The molecule has 3 amide bonds. The van der Waals surface area contributed by atoms with Crippen LogP contribution in [0.15, 0.2) is 46.0 Å². The second-order valence-electron chi connectivity index (χ2n) is 7.73. The first-order valence-electron chi connectivity index (χ1n) is 9.96. The average Bonchev–Trinajstić information content (AvgIpc) is 3.40. The first kappa shape index (κ1) is 20.1. The van der Waals surface area contributed by atoms with Crippen molar-refractivity contribution in [3.05, 3.63) is 58.0 Å². The van der Waals surface area contributed by atoms with Crippen molar-refractivity contribution in [1.29, 1.82) is 0 Å². The van der Waals surface area contributed by atoms with Gasteiger partial charge in [-0.25, -0.2) is 9.69 Å². The fraction of sp³-hybridized carbons (Fsp3) is 0.333. The third-order valence-corrected chi connectivity index (χ3v) is 6.49. The van der Waals surface area contributed by atoms with E-state index in [2.05, 4.69) is 4.58 Å². The molecule has 8 nitrogen and oxygen atoms in total. The monoisotopic (exact) mass is 460 g/mol. The summed E-state index contributed by atoms with van der Waals surface area (Å²) >= 11 is 12.1. The van der Waals surface area contributed by atoms with Crippen LogP contribution in [0.3, 0.4) is 0 Å². The van der Waals surface area contributed by atoms with E-state index >= 15 is 0 Å². The zero-order valence-electron chi connectivity index (χ0n) is 16.8. The van der Waals surface area contributed by atoms with Gasteiger partial charge in [-0.3, -0.25) is 19.2 Å². The van der Waals surface area contributed by atoms with E-state index in [0.717, 1.165) is 24.3 Å². The molecule has 31 heavy (non-hydrogen) atoms. The molecule has 1 aromatic heterocycles. The van der Waals surface area contributed by atoms with Crippen LogP contribution in [0.2, 0.25) is 10.0 Å². The Kier molecular flexibility index (Phi) is 4.98. The number of nitrogens with zero attached hydrogens (tertiary/aromatic N) is 5. The predicted molar refractivity (Wildman–Crippen MR) is 115 cm³/mol. The maximum Gasteiger partial charge on any atom is 0.392 e. The number of furan rings is 1. The fourth-order valence-corrected chi connectivity index (χ4v) is 4.55. The first-order valence-corrected chi connectivity index (χ1v) is 10.7. The molecular formula is C21H20Cl2N5O3+. The molecule has 10 heteroatoms. The number of amides is 3. The number of guanidine groups is 1. The van der Waals surface area contributed by atoms with Gasteiger partial charge in [0.1, 0.15) is 12.3 Å². The molecule has 3 aliphatic rings. The molecular weight excluding hydrogens is 441 g/mol. The number of benzene rings is 1. The highest BCUT2D eigenvalue weighted by Crippen LogP contribution is 2.28. The molecule has 160 valence electrons. The lowest BCUT2D eigenvalue weighted by Gasteiger charge is -2.35. The summed E-state index contributed by atoms with van der Waals surface area (Å²) in [5.74, 6) is 1.69. The van der Waals surface area contributed by atoms with Crippen LogP contribution in [0, 0.1) is 0 Å². The van der Waals surface area contributed by atoms with Gasteiger partial charge >= 0.3 is 12.0 Å². The second kappa shape index (κ2) is 7.69. The normalized spacial score (nSPS) is 20.9. The number of imide groups is 1. The standard InChI is InChI=1S/C21H20Cl2N5O3/c1-25-18-17(19(29)28(21(25)30)11-13-5-6-15(22)16(23)10-13)27-8-3-7-26(20(27)24-18)12-14-4-2-9-31-14/h2,4-6,9-10,17H,3,7-8,11-12H2,1H3/q+1. The molecule has 1 fully saturated rings. The van der Waals surface area contributed by atoms with Gasteiger partial charge in [0, 0.05) is 13.5 Å². The van der Waals surface area contributed by atoms with Gasteiger partial charge in [-0.1, -0.05) is 34.3 Å². The van der Waals surface area contributed by atoms with Crippen LogP contribution in [0.5, 0.6) is 0 Å². The van der Waals surface area contributed by atoms with Crippen molar-refractivity contribution in [3.63, 3.8) is 0 Å². The molecule has 0 N–H and O–H groups in total. The van der Waals surface area contributed by atoms with Crippen LogP contribution >= 0.6 is 23.2 Å². The van der Waals surface area contributed by atoms with E-state index in [1.54, 1.807) is 31.5 Å². The average molecular weight is 461 g/mol. The molecule has 1 atom stereocenters. The maximum atomic E-state index is 13.4. The zero-order chi connectivity index (χ0) is 21.7. The van der Waals surface area contributed by atoms with Crippen molar-refractivity contribution in [2.24, 2.45) is 4.99 Å². The number of hydrogen-bond donors (Lipinski definition) is 0. The number of rotatable bonds is 4. The van der Waals surface area contributed by atoms with Gasteiger partial charge in [-0.05, 0) is 29.8 Å². The topological polar surface area (TPSA) is 72.4 Å². The first-order chi connectivity index (χ1) is 14.9. The summed E-state index contributed by atoms with van der Waals surface area (Å²) in [5.41, 5.74) is 0.727. The Hall–Kier alpha value is -2.84. The van der Waals surface area contributed by atoms with Crippen LogP contribution in [0.1, 0.15) is 17.7 Å². The molecule has 0 radical (unpaired) electrons. The SMILES string of the molecule is CN1C(=O)N(Cc2ccc(Cl)c(Cl)c2)C(=O)C2C1=NC1=[N+](Cc3ccco3)CCCN12. The van der Waals surface area contributed by atoms with Crippen molar-refractivity contribution in [2.75, 3.05) is 20.1 Å². The van der Waals surface area contributed by atoms with Gasteiger partial charge in [-0.2, -0.15) is 0 Å². The van der Waals surface area contributed by atoms with E-state index in [4.69, 9.17) is 32.6 Å². The molecule has 0 bridgehead atoms. The van der Waals surface area contributed by atoms with E-state index in [0.29, 0.717) is 34.9 Å². The van der Waals surface area contributed by atoms with Crippen LogP contribution in [-0.2, 0) is 17.9 Å². The highest BCUT2D eigenvalue weighted by molar-refractivity contribution is 6.42. The summed E-state index contributed by atoms with van der Waals surface area (Å²) in [7, 11) is 1.65. The van der Waals surface area contributed by atoms with Crippen molar-refractivity contribution in [1.82, 2.24) is 14.7 Å². The molecule has 3 aliphatic heterocycles. The molecule has 0 spiro atoms. The number of halogens is 2. The van der Waals surface area contributed by atoms with E-state index in [9.17, 15) is 9.59 Å². The minimum absolute atomic E-state index is 0.113. The Balaban J connectivity index is 1.47. The lowest BCUT2D eigenvalue weighted by Crippen LogP contribution is -2.64. The van der Waals surface area contributed by atoms with Crippen LogP contribution in [-0.4, -0.2) is 69.2 Å². The maximum absolute atomic E-state index is 13.4. The molecule has 2 aromatic rings. The molecule has 0 saturated carbocycles. The summed E-state index contributed by atoms with van der Waals surface area (Å²) in [6.45, 7) is 2.16. The Morgan fingerprint density at radius 2 is 2.06 bits per heavy atom. The van der Waals surface area contributed by atoms with E-state index in [1.807, 2.05) is 17.0 Å². The summed E-state index contributed by atoms with van der Waals surface area (Å²) in [6, 6.07) is 7.81. The predicted octanol–water partition coefficient (Wildman–Crippen LogP) is 3.04. The summed E-state index contributed by atoms with van der Waals surface area (Å²) < 4.78 is 7.57. The fourth-order valence-electron chi connectivity index (χ4n) is 4.23. The lowest BCUT2D eigenvalue weighted by molar-refractivity contribution is -0.556. The van der Waals surface area contributed by atoms with Gasteiger partial charge in [0.15, 0.2) is 0 Å². The van der Waals surface area contributed by atoms with Crippen molar-refractivity contribution < 1.29 is 18.6 Å². The van der Waals surface area contributed by atoms with Crippen molar-refractivity contribution in [2.45, 2.75) is 25.6 Å². The molecule has 5 rings (SSSR count). The Morgan fingerprint density at radius 1 is 1.23 bits per heavy atom. The van der Waals surface area contributed by atoms with Crippen molar-refractivity contribution in [3.8, 4) is 0 Å². The van der Waals surface area contributed by atoms with Gasteiger partial charge in [-0.15, -0.1) is 0 Å². The van der Waals surface area contributed by atoms with Gasteiger partial charge in [0.25, 0.3) is 5.91 Å². The van der Waals surface area contributed by atoms with Crippen LogP contribution in [0.25, 0.3) is 0 Å². The van der Waals surface area contributed by atoms with Gasteiger partial charge in [0.2, 0.25) is 11.9 Å². The number of hydrogen-bond acceptors (Lipinski definition) is 5. The number of amidine groups is 1. The number of carbonyl (C=O) groups excluding carboxylic acids is 2. The summed E-state index contributed by atoms with van der Waals surface area (Å²) in [5, 5.41) is 0.806. The Bertz CT molecular complexity index is 1130. The minimum Gasteiger partial charge on any atom is -0.466 e. The quantitative estimate of drug-likeness (QED) is 0.657. The van der Waals surface area contributed by atoms with E-state index in [-0.39, 0.29) is 12.5 Å². The third-order valence-electron chi connectivity index (χ3n) is 5.75. The van der Waals surface area contributed by atoms with Crippen molar-refractivity contribution >= 4 is 46.9 Å². The number of fused-ring (bicyclic) bond motifs is 3. The molecule has 1 aromatic carbocycles. The summed E-state index contributed by atoms with van der Waals surface area (Å²) in [6.07, 6.45) is 2.51. The van der Waals surface area contributed by atoms with E-state index < -0.39 is 12.1 Å². The largest absolute Gasteiger partial charge is 0.466 e. The molecule has 1 saturated heterocycles. The second-order valence-corrected chi connectivity index (χ2v) is 8.55. The highest BCUT2D eigenvalue weighted by Gasteiger charge is 2.56. The number of likely N-dealkylation sites (N-methyl/N-ethyl adjacent to an activating group) is 1. The highest BCUT2D eigenvalue weighted by atomic mass is 35.5. The lowest BCUT2D eigenvalue weighted by atomic mass is 10.1. The Labute approximate surface area is 188 Å². The molecule has 4 heterocycles. The van der Waals surface area contributed by atoms with Crippen LogP contribution in [0.4, 0.5) is 4.79 Å². The Morgan fingerprint density at radius 3 is 2.81 bits per heavy atom. The summed E-state index contributed by atoms with van der Waals surface area (Å²) in [4.78, 5) is 35.8. The number of carbonyl (C=O) groups is 2. The zero-order valence-corrected chi connectivity index (χ0v) is 18.3. The molecule has 0 aliphatic carbocycles. The van der Waals surface area contributed by atoms with Crippen LogP contribution < -0.4 is 0 Å². The van der Waals surface area contributed by atoms with Gasteiger partial charge < -0.3 is 4.42 Å². The number of urea groups is 1. The smallest absolute Gasteiger partial charge is 0.392 e. The molecule has 1 unspecified atom stereocenters. The third kappa shape index (κ3) is 3.40. The van der Waals surface area contributed by atoms with E-state index in [1.165, 1.54) is 9.80 Å².